The molecule has 2 aromatic carbocycles. The van der Waals surface area contributed by atoms with Crippen molar-refractivity contribution in [2.75, 3.05) is 30.4 Å². The Kier molecular flexibility index (Phi) is 7.62. The van der Waals surface area contributed by atoms with Crippen LogP contribution in [0.25, 0.3) is 22.3 Å². The molecule has 0 bridgehead atoms. The van der Waals surface area contributed by atoms with Crippen molar-refractivity contribution in [2.45, 2.75) is 90.3 Å². The summed E-state index contributed by atoms with van der Waals surface area (Å²) in [6, 6.07) is 15.1. The van der Waals surface area contributed by atoms with Gasteiger partial charge in [0, 0.05) is 47.7 Å². The monoisotopic (exact) mass is 619 g/mol. The Hall–Kier alpha value is -4.24. The number of nitrogens with one attached hydrogen (secondary N) is 2. The topological polar surface area (TPSA) is 95.4 Å². The van der Waals surface area contributed by atoms with Gasteiger partial charge in [-0.25, -0.2) is 9.97 Å². The molecular formula is C37H45N7O2. The lowest BCUT2D eigenvalue weighted by Crippen LogP contribution is -2.57. The molecule has 2 N–H and O–H groups in total. The number of nitrogens with zero attached hydrogens (tertiary/aromatic N) is 5. The zero-order valence-corrected chi connectivity index (χ0v) is 27.9. The molecular weight excluding hydrogens is 574 g/mol. The van der Waals surface area contributed by atoms with Crippen LogP contribution in [0.1, 0.15) is 87.3 Å². The van der Waals surface area contributed by atoms with Crippen molar-refractivity contribution in [1.82, 2.24) is 24.8 Å². The molecule has 2 aliphatic heterocycles. The molecule has 1 aliphatic carbocycles. The number of likely N-dealkylation sites (tertiary alicyclic amines) is 1. The van der Waals surface area contributed by atoms with Crippen molar-refractivity contribution < 1.29 is 9.59 Å². The molecule has 2 fully saturated rings. The molecule has 9 nitrogen and oxygen atoms in total. The number of carbonyl (C=O) groups is 2. The van der Waals surface area contributed by atoms with E-state index in [-0.39, 0.29) is 23.9 Å². The second kappa shape index (κ2) is 11.5. The van der Waals surface area contributed by atoms with E-state index in [1.165, 1.54) is 32.4 Å². The maximum absolute atomic E-state index is 13.9. The third-order valence-corrected chi connectivity index (χ3v) is 10.4. The highest BCUT2D eigenvalue weighted by Crippen LogP contribution is 2.48. The van der Waals surface area contributed by atoms with E-state index < -0.39 is 5.41 Å². The van der Waals surface area contributed by atoms with E-state index in [1.54, 1.807) is 7.05 Å². The van der Waals surface area contributed by atoms with Gasteiger partial charge in [-0.3, -0.25) is 9.59 Å². The van der Waals surface area contributed by atoms with Gasteiger partial charge in [-0.05, 0) is 109 Å². The molecule has 4 aromatic rings. The third kappa shape index (κ3) is 5.05. The largest absolute Gasteiger partial charge is 0.355 e. The number of pyridine rings is 1. The Bertz CT molecular complexity index is 1830. The first-order valence-corrected chi connectivity index (χ1v) is 16.8. The quantitative estimate of drug-likeness (QED) is 0.238. The van der Waals surface area contributed by atoms with Crippen LogP contribution >= 0.6 is 0 Å². The number of benzene rings is 2. The molecule has 3 aliphatic rings. The fourth-order valence-electron chi connectivity index (χ4n) is 7.56. The van der Waals surface area contributed by atoms with Crippen molar-refractivity contribution in [3.8, 4) is 11.3 Å². The second-order valence-electron chi connectivity index (χ2n) is 14.1. The number of hydrogen-bond donors (Lipinski definition) is 2. The average molecular weight is 620 g/mol. The van der Waals surface area contributed by atoms with Crippen molar-refractivity contribution >= 4 is 40.0 Å². The zero-order chi connectivity index (χ0) is 32.3. The van der Waals surface area contributed by atoms with Gasteiger partial charge < -0.3 is 25.0 Å². The van der Waals surface area contributed by atoms with Gasteiger partial charge in [0.1, 0.15) is 5.52 Å². The van der Waals surface area contributed by atoms with E-state index >= 15 is 0 Å². The highest BCUT2D eigenvalue weighted by Gasteiger charge is 2.50. The smallest absolute Gasteiger partial charge is 0.251 e. The van der Waals surface area contributed by atoms with E-state index in [4.69, 9.17) is 9.97 Å². The summed E-state index contributed by atoms with van der Waals surface area (Å²) in [6.45, 7) is 12.6. The highest BCUT2D eigenvalue weighted by atomic mass is 16.2. The summed E-state index contributed by atoms with van der Waals surface area (Å²) in [7, 11) is 1.64. The fourth-order valence-corrected chi connectivity index (χ4v) is 7.56. The van der Waals surface area contributed by atoms with Crippen molar-refractivity contribution in [3.05, 3.63) is 65.5 Å². The fraction of sp³-hybridized carbons (Fsp3) is 0.459. The lowest BCUT2D eigenvalue weighted by Gasteiger charge is -2.48. The van der Waals surface area contributed by atoms with E-state index in [1.807, 2.05) is 51.4 Å². The number of imidazole rings is 1. The zero-order valence-electron chi connectivity index (χ0n) is 27.9. The molecule has 240 valence electrons. The predicted molar refractivity (Wildman–Crippen MR) is 184 cm³/mol. The molecule has 1 saturated carbocycles. The van der Waals surface area contributed by atoms with Gasteiger partial charge in [-0.2, -0.15) is 0 Å². The highest BCUT2D eigenvalue weighted by molar-refractivity contribution is 6.09. The number of aryl methyl sites for hydroxylation is 1. The van der Waals surface area contributed by atoms with Crippen LogP contribution in [0, 0.1) is 6.92 Å². The third-order valence-electron chi connectivity index (χ3n) is 10.4. The number of rotatable bonds is 7. The molecule has 9 heteroatoms. The Morgan fingerprint density at radius 1 is 1.00 bits per heavy atom. The number of aromatic nitrogens is 3. The molecule has 7 rings (SSSR count). The average Bonchev–Trinajstić information content (AvgIpc) is 3.55. The lowest BCUT2D eigenvalue weighted by atomic mass is 9.82. The minimum atomic E-state index is -0.571. The van der Waals surface area contributed by atoms with Gasteiger partial charge in [0.25, 0.3) is 5.91 Å². The number of hydrogen-bond acceptors (Lipinski definition) is 6. The second-order valence-corrected chi connectivity index (χ2v) is 14.1. The maximum atomic E-state index is 13.9. The van der Waals surface area contributed by atoms with E-state index in [9.17, 15) is 9.59 Å². The van der Waals surface area contributed by atoms with Gasteiger partial charge in [-0.15, -0.1) is 0 Å². The molecule has 2 amide bonds. The van der Waals surface area contributed by atoms with Gasteiger partial charge in [0.05, 0.1) is 23.0 Å². The Balaban J connectivity index is 1.26. The minimum absolute atomic E-state index is 0.130. The van der Waals surface area contributed by atoms with E-state index in [2.05, 4.69) is 57.0 Å². The molecule has 46 heavy (non-hydrogen) atoms. The summed E-state index contributed by atoms with van der Waals surface area (Å²) in [5.41, 5.74) is 7.25. The van der Waals surface area contributed by atoms with Gasteiger partial charge in [0.2, 0.25) is 5.91 Å². The van der Waals surface area contributed by atoms with E-state index in [0.29, 0.717) is 17.4 Å². The first kappa shape index (κ1) is 30.4. The van der Waals surface area contributed by atoms with Crippen molar-refractivity contribution in [2.24, 2.45) is 0 Å². The van der Waals surface area contributed by atoms with Gasteiger partial charge in [-0.1, -0.05) is 24.6 Å². The standard InChI is InChI=1S/C37H45N7O2/c1-22(2)43-21-39-31-20-30(41-34(33(31)43)40-25-12-10-23(3)28(17-25)35(45)38-6)24-11-13-29-32(16-24)44(36(46)37(29,4)5)27-18-26(19-27)42-14-8-7-9-15-42/h10-13,16-17,20-22,26-27H,7-9,14-15,18-19H2,1-6H3,(H,38,45)(H,40,41)/t26-,27+. The predicted octanol–water partition coefficient (Wildman–Crippen LogP) is 6.73. The summed E-state index contributed by atoms with van der Waals surface area (Å²) >= 11 is 0. The van der Waals surface area contributed by atoms with E-state index in [0.717, 1.165) is 57.6 Å². The number of amides is 2. The Morgan fingerprint density at radius 2 is 1.76 bits per heavy atom. The summed E-state index contributed by atoms with van der Waals surface area (Å²) in [6.07, 6.45) is 7.82. The van der Waals surface area contributed by atoms with Gasteiger partial charge in [0.15, 0.2) is 5.82 Å². The SMILES string of the molecule is CNC(=O)c1cc(Nc2nc(-c3ccc4c(c3)N([C@H]3C[C@@H](N5CCCCC5)C3)C(=O)C4(C)C)cc3ncn(C(C)C)c23)ccc1C. The summed E-state index contributed by atoms with van der Waals surface area (Å²) in [4.78, 5) is 41.2. The van der Waals surface area contributed by atoms with Crippen LogP contribution in [-0.4, -0.2) is 63.5 Å². The van der Waals surface area contributed by atoms with Crippen molar-refractivity contribution in [3.63, 3.8) is 0 Å². The Labute approximate surface area is 271 Å². The summed E-state index contributed by atoms with van der Waals surface area (Å²) in [5, 5.41) is 6.25. The molecule has 4 heterocycles. The number of fused-ring (bicyclic) bond motifs is 2. The lowest BCUT2D eigenvalue weighted by molar-refractivity contribution is -0.123. The van der Waals surface area contributed by atoms with Crippen LogP contribution in [0.5, 0.6) is 0 Å². The molecule has 0 spiro atoms. The van der Waals surface area contributed by atoms with Gasteiger partial charge >= 0.3 is 0 Å². The minimum Gasteiger partial charge on any atom is -0.355 e. The maximum Gasteiger partial charge on any atom is 0.251 e. The summed E-state index contributed by atoms with van der Waals surface area (Å²) in [5.74, 6) is 0.728. The number of carbonyl (C=O) groups excluding carboxylic acids is 2. The van der Waals surface area contributed by atoms with Crippen LogP contribution in [0.15, 0.2) is 48.8 Å². The van der Waals surface area contributed by atoms with Crippen LogP contribution in [0.2, 0.25) is 0 Å². The molecule has 0 radical (unpaired) electrons. The van der Waals surface area contributed by atoms with Crippen LogP contribution < -0.4 is 15.5 Å². The normalized spacial score (nSPS) is 21.0. The van der Waals surface area contributed by atoms with Crippen molar-refractivity contribution in [1.29, 1.82) is 0 Å². The summed E-state index contributed by atoms with van der Waals surface area (Å²) < 4.78 is 2.11. The number of piperidine rings is 1. The van der Waals surface area contributed by atoms with Crippen LogP contribution in [0.4, 0.5) is 17.2 Å². The van der Waals surface area contributed by atoms with Crippen LogP contribution in [-0.2, 0) is 10.2 Å². The number of anilines is 3. The van der Waals surface area contributed by atoms with Crippen LogP contribution in [0.3, 0.4) is 0 Å². The molecule has 0 atom stereocenters. The first-order valence-electron chi connectivity index (χ1n) is 16.8. The molecule has 0 unspecified atom stereocenters. The first-order chi connectivity index (χ1) is 22.1. The molecule has 1 saturated heterocycles. The molecule has 2 aromatic heterocycles. The Morgan fingerprint density at radius 3 is 2.48 bits per heavy atom.